The zero-order valence-corrected chi connectivity index (χ0v) is 12.4. The average Bonchev–Trinajstić information content (AvgIpc) is 3.04. The molecule has 6 heteroatoms. The van der Waals surface area contributed by atoms with Gasteiger partial charge in [0.15, 0.2) is 0 Å². The van der Waals surface area contributed by atoms with Gasteiger partial charge in [-0.15, -0.1) is 11.3 Å². The highest BCUT2D eigenvalue weighted by Gasteiger charge is 2.15. The molecule has 0 aliphatic carbocycles. The number of carbonyl (C=O) groups is 1. The number of carboxylic acid groups (broad SMARTS) is 1. The van der Waals surface area contributed by atoms with Crippen LogP contribution in [0.3, 0.4) is 0 Å². The zero-order chi connectivity index (χ0) is 14.5. The summed E-state index contributed by atoms with van der Waals surface area (Å²) < 4.78 is 5.69. The number of aliphatic carboxylic acids is 1. The number of aromatic nitrogens is 1. The molecule has 0 fully saturated rings. The number of nitrogens with zero attached hydrogens (tertiary/aromatic N) is 2. The van der Waals surface area contributed by atoms with Crippen LogP contribution in [0.5, 0.6) is 0 Å². The Kier molecular flexibility index (Phi) is 4.92. The van der Waals surface area contributed by atoms with Crippen molar-refractivity contribution in [2.45, 2.75) is 26.8 Å². The van der Waals surface area contributed by atoms with Crippen molar-refractivity contribution in [2.75, 3.05) is 13.1 Å². The van der Waals surface area contributed by atoms with Crippen LogP contribution >= 0.6 is 11.3 Å². The molecule has 2 heterocycles. The van der Waals surface area contributed by atoms with E-state index in [4.69, 9.17) is 9.52 Å². The summed E-state index contributed by atoms with van der Waals surface area (Å²) in [6.45, 7) is 5.83. The number of oxazole rings is 1. The maximum atomic E-state index is 10.6. The Morgan fingerprint density at radius 3 is 2.95 bits per heavy atom. The molecule has 1 N–H and O–H groups in total. The van der Waals surface area contributed by atoms with E-state index in [2.05, 4.69) is 9.88 Å². The van der Waals surface area contributed by atoms with Gasteiger partial charge in [0.05, 0.1) is 17.0 Å². The fourth-order valence-electron chi connectivity index (χ4n) is 1.89. The molecular weight excluding hydrogens is 276 g/mol. The first-order valence-electron chi connectivity index (χ1n) is 6.54. The van der Waals surface area contributed by atoms with Crippen molar-refractivity contribution in [2.24, 2.45) is 0 Å². The van der Waals surface area contributed by atoms with Gasteiger partial charge in [0.2, 0.25) is 5.89 Å². The van der Waals surface area contributed by atoms with E-state index in [1.54, 1.807) is 11.3 Å². The van der Waals surface area contributed by atoms with Crippen LogP contribution in [0.15, 0.2) is 21.9 Å². The van der Waals surface area contributed by atoms with Crippen LogP contribution in [0.25, 0.3) is 10.8 Å². The Morgan fingerprint density at radius 2 is 2.35 bits per heavy atom. The predicted octanol–water partition coefficient (Wildman–Crippen LogP) is 3.01. The molecule has 0 spiro atoms. The molecule has 0 amide bonds. The van der Waals surface area contributed by atoms with Gasteiger partial charge in [-0.1, -0.05) is 13.0 Å². The van der Waals surface area contributed by atoms with Gasteiger partial charge in [-0.3, -0.25) is 9.69 Å². The molecule has 2 aromatic heterocycles. The highest BCUT2D eigenvalue weighted by Crippen LogP contribution is 2.26. The molecule has 0 aliphatic heterocycles. The highest BCUT2D eigenvalue weighted by atomic mass is 32.1. The largest absolute Gasteiger partial charge is 0.481 e. The van der Waals surface area contributed by atoms with Gasteiger partial charge in [0, 0.05) is 13.1 Å². The summed E-state index contributed by atoms with van der Waals surface area (Å²) in [4.78, 5) is 18.2. The molecule has 108 valence electrons. The van der Waals surface area contributed by atoms with E-state index in [9.17, 15) is 4.79 Å². The van der Waals surface area contributed by atoms with Crippen molar-refractivity contribution in [1.29, 1.82) is 0 Å². The quantitative estimate of drug-likeness (QED) is 0.850. The Hall–Kier alpha value is -1.66. The molecule has 0 aliphatic rings. The van der Waals surface area contributed by atoms with Crippen LogP contribution in [0, 0.1) is 6.92 Å². The van der Waals surface area contributed by atoms with Crippen LogP contribution in [0.1, 0.15) is 24.8 Å². The first-order chi connectivity index (χ1) is 9.60. The molecule has 0 aromatic carbocycles. The van der Waals surface area contributed by atoms with Gasteiger partial charge in [-0.25, -0.2) is 4.98 Å². The zero-order valence-electron chi connectivity index (χ0n) is 11.6. The topological polar surface area (TPSA) is 66.6 Å². The highest BCUT2D eigenvalue weighted by molar-refractivity contribution is 7.13. The first-order valence-corrected chi connectivity index (χ1v) is 7.42. The number of rotatable bonds is 7. The molecule has 0 unspecified atom stereocenters. The number of thiophene rings is 1. The van der Waals surface area contributed by atoms with Crippen molar-refractivity contribution in [3.63, 3.8) is 0 Å². The van der Waals surface area contributed by atoms with E-state index in [1.807, 2.05) is 31.4 Å². The summed E-state index contributed by atoms with van der Waals surface area (Å²) in [7, 11) is 0. The molecule has 0 saturated heterocycles. The average molecular weight is 294 g/mol. The maximum Gasteiger partial charge on any atom is 0.304 e. The van der Waals surface area contributed by atoms with E-state index in [0.717, 1.165) is 22.9 Å². The molecular formula is C14H18N2O3S. The van der Waals surface area contributed by atoms with E-state index < -0.39 is 5.97 Å². The molecule has 2 aromatic rings. The Labute approximate surface area is 121 Å². The number of carboxylic acids is 1. The lowest BCUT2D eigenvalue weighted by molar-refractivity contribution is -0.137. The minimum Gasteiger partial charge on any atom is -0.481 e. The van der Waals surface area contributed by atoms with Crippen LogP contribution in [0.2, 0.25) is 0 Å². The standard InChI is InChI=1S/C14H18N2O3S/c1-3-16(7-6-13(17)18)9-11-10(2)19-14(15-11)12-5-4-8-20-12/h4-5,8H,3,6-7,9H2,1-2H3,(H,17,18). The molecule has 0 atom stereocenters. The summed E-state index contributed by atoms with van der Waals surface area (Å²) in [6, 6.07) is 3.94. The lowest BCUT2D eigenvalue weighted by Gasteiger charge is -2.17. The summed E-state index contributed by atoms with van der Waals surface area (Å²) in [5, 5.41) is 10.7. The predicted molar refractivity (Wildman–Crippen MR) is 77.8 cm³/mol. The second-order valence-electron chi connectivity index (χ2n) is 4.51. The van der Waals surface area contributed by atoms with E-state index >= 15 is 0 Å². The third-order valence-electron chi connectivity index (χ3n) is 3.09. The minimum absolute atomic E-state index is 0.141. The van der Waals surface area contributed by atoms with Crippen LogP contribution in [-0.4, -0.2) is 34.0 Å². The number of hydrogen-bond donors (Lipinski definition) is 1. The van der Waals surface area contributed by atoms with E-state index in [0.29, 0.717) is 19.0 Å². The van der Waals surface area contributed by atoms with E-state index in [1.165, 1.54) is 0 Å². The van der Waals surface area contributed by atoms with Crippen LogP contribution in [0.4, 0.5) is 0 Å². The summed E-state index contributed by atoms with van der Waals surface area (Å²) in [6.07, 6.45) is 0.141. The van der Waals surface area contributed by atoms with Crippen LogP contribution < -0.4 is 0 Å². The molecule has 20 heavy (non-hydrogen) atoms. The lowest BCUT2D eigenvalue weighted by Crippen LogP contribution is -2.26. The number of aryl methyl sites for hydroxylation is 1. The monoisotopic (exact) mass is 294 g/mol. The van der Waals surface area contributed by atoms with E-state index in [-0.39, 0.29) is 6.42 Å². The van der Waals surface area contributed by atoms with Crippen molar-refractivity contribution in [1.82, 2.24) is 9.88 Å². The summed E-state index contributed by atoms with van der Waals surface area (Å²) in [5.74, 6) is 0.656. The third kappa shape index (κ3) is 3.68. The minimum atomic E-state index is -0.778. The Morgan fingerprint density at radius 1 is 1.55 bits per heavy atom. The van der Waals surface area contributed by atoms with Gasteiger partial charge in [-0.2, -0.15) is 0 Å². The molecule has 0 radical (unpaired) electrons. The second kappa shape index (κ2) is 6.67. The molecule has 5 nitrogen and oxygen atoms in total. The SMILES string of the molecule is CCN(CCC(=O)O)Cc1nc(-c2cccs2)oc1C. The third-order valence-corrected chi connectivity index (χ3v) is 3.94. The second-order valence-corrected chi connectivity index (χ2v) is 5.46. The smallest absolute Gasteiger partial charge is 0.304 e. The van der Waals surface area contributed by atoms with Gasteiger partial charge < -0.3 is 9.52 Å². The number of hydrogen-bond acceptors (Lipinski definition) is 5. The first kappa shape index (κ1) is 14.7. The fraction of sp³-hybridized carbons (Fsp3) is 0.429. The van der Waals surface area contributed by atoms with Gasteiger partial charge in [0.1, 0.15) is 5.76 Å². The Balaban J connectivity index is 2.06. The molecule has 0 saturated carbocycles. The molecule has 0 bridgehead atoms. The normalized spacial score (nSPS) is 11.2. The van der Waals surface area contributed by atoms with Crippen LogP contribution in [-0.2, 0) is 11.3 Å². The maximum absolute atomic E-state index is 10.6. The van der Waals surface area contributed by atoms with Crippen molar-refractivity contribution in [3.8, 4) is 10.8 Å². The van der Waals surface area contributed by atoms with Gasteiger partial charge in [0.25, 0.3) is 0 Å². The van der Waals surface area contributed by atoms with Crippen molar-refractivity contribution in [3.05, 3.63) is 29.0 Å². The fourth-order valence-corrected chi connectivity index (χ4v) is 2.54. The van der Waals surface area contributed by atoms with Gasteiger partial charge in [-0.05, 0) is 24.9 Å². The molecule has 2 rings (SSSR count). The Bertz CT molecular complexity index is 563. The van der Waals surface area contributed by atoms with Gasteiger partial charge >= 0.3 is 5.97 Å². The summed E-state index contributed by atoms with van der Waals surface area (Å²) in [5.41, 5.74) is 0.876. The van der Waals surface area contributed by atoms with Crippen molar-refractivity contribution < 1.29 is 14.3 Å². The summed E-state index contributed by atoms with van der Waals surface area (Å²) >= 11 is 1.59. The lowest BCUT2D eigenvalue weighted by atomic mass is 10.3. The van der Waals surface area contributed by atoms with Crippen molar-refractivity contribution >= 4 is 17.3 Å².